The number of carbonyl (C=O) groups excluding carboxylic acids is 1. The summed E-state index contributed by atoms with van der Waals surface area (Å²) < 4.78 is 22.1. The second-order valence-corrected chi connectivity index (χ2v) is 16.0. The molecule has 0 bridgehead atoms. The van der Waals surface area contributed by atoms with E-state index in [9.17, 15) is 19.4 Å². The maximum absolute atomic E-state index is 12.7. The van der Waals surface area contributed by atoms with Crippen molar-refractivity contribution in [3.8, 4) is 0 Å². The molecule has 9 heteroatoms. The molecule has 298 valence electrons. The van der Waals surface area contributed by atoms with Crippen molar-refractivity contribution in [2.45, 2.75) is 225 Å². The predicted octanol–water partition coefficient (Wildman–Crippen LogP) is 11.6. The first-order valence-electron chi connectivity index (χ1n) is 21.3. The summed E-state index contributed by atoms with van der Waals surface area (Å²) in [5, 5.41) is 13.7. The highest BCUT2D eigenvalue weighted by molar-refractivity contribution is 7.47. The van der Waals surface area contributed by atoms with E-state index in [1.54, 1.807) is 0 Å². The molecule has 50 heavy (non-hydrogen) atoms. The van der Waals surface area contributed by atoms with Crippen LogP contribution < -0.4 is 11.1 Å². The molecule has 3 unspecified atom stereocenters. The Hall–Kier alpha value is -0.760. The largest absolute Gasteiger partial charge is 0.472 e. The van der Waals surface area contributed by atoms with Crippen molar-refractivity contribution in [3.63, 3.8) is 0 Å². The third kappa shape index (κ3) is 35.6. The standard InChI is InChI=1S/C41H83N2O6P/c1-3-5-7-9-11-13-14-15-16-17-18-19-20-21-22-23-24-25-26-27-29-31-33-35-41(45)43-39(38-49-50(46,47)48-37-36-42)40(44)34-32-30-28-12-10-8-6-4-2/h17-18,39-40,44H,3-16,19-38,42H2,1-2H3,(H,43,45)(H,46,47)/b18-17-. The first-order chi connectivity index (χ1) is 24.4. The second-order valence-electron chi connectivity index (χ2n) is 14.6. The van der Waals surface area contributed by atoms with Crippen molar-refractivity contribution in [3.05, 3.63) is 12.2 Å². The number of nitrogens with one attached hydrogen (secondary N) is 1. The molecule has 0 aliphatic heterocycles. The van der Waals surface area contributed by atoms with E-state index in [4.69, 9.17) is 14.8 Å². The van der Waals surface area contributed by atoms with E-state index in [0.29, 0.717) is 12.8 Å². The summed E-state index contributed by atoms with van der Waals surface area (Å²) in [4.78, 5) is 22.6. The van der Waals surface area contributed by atoms with Gasteiger partial charge in [0, 0.05) is 13.0 Å². The zero-order chi connectivity index (χ0) is 36.8. The lowest BCUT2D eigenvalue weighted by Gasteiger charge is -2.25. The number of hydrogen-bond donors (Lipinski definition) is 4. The highest BCUT2D eigenvalue weighted by atomic mass is 31.2. The molecule has 0 rings (SSSR count). The van der Waals surface area contributed by atoms with Gasteiger partial charge in [-0.2, -0.15) is 0 Å². The van der Waals surface area contributed by atoms with E-state index in [0.717, 1.165) is 38.5 Å². The molecule has 0 saturated carbocycles. The summed E-state index contributed by atoms with van der Waals surface area (Å²) in [7, 11) is -4.30. The Morgan fingerprint density at radius 3 is 1.48 bits per heavy atom. The lowest BCUT2D eigenvalue weighted by Crippen LogP contribution is -2.46. The summed E-state index contributed by atoms with van der Waals surface area (Å²) in [6, 6.07) is -0.769. The zero-order valence-electron chi connectivity index (χ0n) is 32.9. The van der Waals surface area contributed by atoms with Crippen molar-refractivity contribution >= 4 is 13.7 Å². The third-order valence-electron chi connectivity index (χ3n) is 9.62. The topological polar surface area (TPSA) is 131 Å². The highest BCUT2D eigenvalue weighted by Crippen LogP contribution is 2.43. The fourth-order valence-electron chi connectivity index (χ4n) is 6.37. The van der Waals surface area contributed by atoms with Gasteiger partial charge in [0.2, 0.25) is 5.91 Å². The third-order valence-corrected chi connectivity index (χ3v) is 10.6. The number of amides is 1. The van der Waals surface area contributed by atoms with E-state index in [1.807, 2.05) is 0 Å². The Morgan fingerprint density at radius 1 is 0.640 bits per heavy atom. The number of phosphoric ester groups is 1. The SMILES string of the molecule is CCCCCCCCCC/C=C\CCCCCCCCCCCCCC(=O)NC(COP(=O)(O)OCCN)C(O)CCCCCCCCCC. The molecule has 0 spiro atoms. The highest BCUT2D eigenvalue weighted by Gasteiger charge is 2.27. The lowest BCUT2D eigenvalue weighted by molar-refractivity contribution is -0.123. The minimum atomic E-state index is -4.30. The van der Waals surface area contributed by atoms with E-state index >= 15 is 0 Å². The van der Waals surface area contributed by atoms with E-state index < -0.39 is 20.0 Å². The molecule has 0 aliphatic rings. The summed E-state index contributed by atoms with van der Waals surface area (Å²) in [5.74, 6) is -0.164. The number of hydrogen-bond acceptors (Lipinski definition) is 6. The fraction of sp³-hybridized carbons (Fsp3) is 0.927. The van der Waals surface area contributed by atoms with E-state index in [2.05, 4.69) is 31.3 Å². The number of carbonyl (C=O) groups is 1. The van der Waals surface area contributed by atoms with Crippen LogP contribution in [-0.2, 0) is 18.4 Å². The number of nitrogens with two attached hydrogens (primary N) is 1. The Morgan fingerprint density at radius 2 is 1.04 bits per heavy atom. The quantitative estimate of drug-likeness (QED) is 0.0280. The van der Waals surface area contributed by atoms with Crippen LogP contribution >= 0.6 is 7.82 Å². The van der Waals surface area contributed by atoms with Gasteiger partial charge in [0.15, 0.2) is 0 Å². The molecule has 1 amide bonds. The Labute approximate surface area is 309 Å². The van der Waals surface area contributed by atoms with Crippen LogP contribution in [0.4, 0.5) is 0 Å². The Bertz CT molecular complexity index is 799. The van der Waals surface area contributed by atoms with Gasteiger partial charge in [0.25, 0.3) is 0 Å². The molecule has 0 saturated heterocycles. The molecule has 3 atom stereocenters. The monoisotopic (exact) mass is 731 g/mol. The minimum Gasteiger partial charge on any atom is -0.391 e. The molecule has 0 fully saturated rings. The molecule has 0 aromatic carbocycles. The van der Waals surface area contributed by atoms with Crippen LogP contribution in [-0.4, -0.2) is 47.8 Å². The lowest BCUT2D eigenvalue weighted by atomic mass is 10.0. The molecule has 5 N–H and O–H groups in total. The van der Waals surface area contributed by atoms with Gasteiger partial charge in [-0.1, -0.05) is 180 Å². The second kappa shape index (κ2) is 38.0. The number of allylic oxidation sites excluding steroid dienone is 2. The molecule has 8 nitrogen and oxygen atoms in total. The molecule has 0 heterocycles. The van der Waals surface area contributed by atoms with Gasteiger partial charge in [-0.05, 0) is 38.5 Å². The molecule has 0 aromatic heterocycles. The summed E-state index contributed by atoms with van der Waals surface area (Å²) in [6.07, 6.45) is 41.0. The number of aliphatic hydroxyl groups is 1. The maximum atomic E-state index is 12.7. The van der Waals surface area contributed by atoms with Crippen molar-refractivity contribution in [2.24, 2.45) is 5.73 Å². The summed E-state index contributed by atoms with van der Waals surface area (Å²) >= 11 is 0. The maximum Gasteiger partial charge on any atom is 0.472 e. The average molecular weight is 731 g/mol. The fourth-order valence-corrected chi connectivity index (χ4v) is 7.13. The summed E-state index contributed by atoms with van der Waals surface area (Å²) in [6.45, 7) is 4.18. The molecule has 0 radical (unpaired) electrons. The number of unbranched alkanes of at least 4 members (excludes halogenated alkanes) is 26. The molecule has 0 aliphatic carbocycles. The van der Waals surface area contributed by atoms with Crippen molar-refractivity contribution < 1.29 is 28.4 Å². The van der Waals surface area contributed by atoms with Crippen molar-refractivity contribution in [1.82, 2.24) is 5.32 Å². The number of rotatable bonds is 40. The van der Waals surface area contributed by atoms with Crippen LogP contribution in [0.25, 0.3) is 0 Å². The normalized spacial score (nSPS) is 14.3. The number of aliphatic hydroxyl groups excluding tert-OH is 1. The van der Waals surface area contributed by atoms with Gasteiger partial charge >= 0.3 is 7.82 Å². The average Bonchev–Trinajstić information content (AvgIpc) is 3.10. The van der Waals surface area contributed by atoms with Crippen LogP contribution in [0.5, 0.6) is 0 Å². The minimum absolute atomic E-state index is 0.0902. The van der Waals surface area contributed by atoms with Crippen LogP contribution in [0, 0.1) is 0 Å². The van der Waals surface area contributed by atoms with Gasteiger partial charge in [-0.15, -0.1) is 0 Å². The number of phosphoric acid groups is 1. The first kappa shape index (κ1) is 49.2. The van der Waals surface area contributed by atoms with Crippen LogP contribution in [0.3, 0.4) is 0 Å². The van der Waals surface area contributed by atoms with Gasteiger partial charge in [0.05, 0.1) is 25.4 Å². The van der Waals surface area contributed by atoms with Gasteiger partial charge in [0.1, 0.15) is 0 Å². The molecular weight excluding hydrogens is 647 g/mol. The van der Waals surface area contributed by atoms with Crippen molar-refractivity contribution in [1.29, 1.82) is 0 Å². The Balaban J connectivity index is 3.96. The van der Waals surface area contributed by atoms with E-state index in [1.165, 1.54) is 148 Å². The Kier molecular flexibility index (Phi) is 37.4. The van der Waals surface area contributed by atoms with Gasteiger partial charge in [-0.25, -0.2) is 4.57 Å². The van der Waals surface area contributed by atoms with Gasteiger partial charge in [-0.3, -0.25) is 13.8 Å². The van der Waals surface area contributed by atoms with Crippen molar-refractivity contribution in [2.75, 3.05) is 19.8 Å². The van der Waals surface area contributed by atoms with Crippen LogP contribution in [0.15, 0.2) is 12.2 Å². The van der Waals surface area contributed by atoms with Crippen LogP contribution in [0.2, 0.25) is 0 Å². The molecule has 0 aromatic rings. The smallest absolute Gasteiger partial charge is 0.391 e. The van der Waals surface area contributed by atoms with E-state index in [-0.39, 0.29) is 25.7 Å². The predicted molar refractivity (Wildman–Crippen MR) is 212 cm³/mol. The van der Waals surface area contributed by atoms with Crippen LogP contribution in [0.1, 0.15) is 213 Å². The van der Waals surface area contributed by atoms with Gasteiger partial charge < -0.3 is 21.1 Å². The molecular formula is C41H83N2O6P. The first-order valence-corrected chi connectivity index (χ1v) is 22.8. The zero-order valence-corrected chi connectivity index (χ0v) is 33.8. The summed E-state index contributed by atoms with van der Waals surface area (Å²) in [5.41, 5.74) is 5.36.